The average molecular weight is 257 g/mol. The number of benzene rings is 1. The highest BCUT2D eigenvalue weighted by molar-refractivity contribution is 5.49. The number of anilines is 1. The van der Waals surface area contributed by atoms with Crippen molar-refractivity contribution in [3.05, 3.63) is 41.9 Å². The third-order valence-electron chi connectivity index (χ3n) is 2.85. The lowest BCUT2D eigenvalue weighted by atomic mass is 9.86. The molecule has 0 fully saturated rings. The molecule has 19 heavy (non-hydrogen) atoms. The minimum absolute atomic E-state index is 0.00910. The first-order valence-corrected chi connectivity index (χ1v) is 6.22. The van der Waals surface area contributed by atoms with Crippen molar-refractivity contribution in [2.24, 2.45) is 0 Å². The predicted molar refractivity (Wildman–Crippen MR) is 76.4 cm³/mol. The fourth-order valence-corrected chi connectivity index (χ4v) is 1.85. The van der Waals surface area contributed by atoms with Crippen LogP contribution in [0.1, 0.15) is 31.9 Å². The maximum absolute atomic E-state index is 5.87. The molecule has 1 aromatic carbocycles. The second-order valence-corrected chi connectivity index (χ2v) is 5.63. The number of hydrogen-bond donors (Lipinski definition) is 1. The number of nitrogens with zero attached hydrogens (tertiary/aromatic N) is 2. The van der Waals surface area contributed by atoms with E-state index in [1.165, 1.54) is 12.5 Å². The van der Waals surface area contributed by atoms with E-state index in [9.17, 15) is 0 Å². The molecule has 0 amide bonds. The second kappa shape index (κ2) is 4.88. The van der Waals surface area contributed by atoms with Crippen LogP contribution in [0, 0.1) is 6.92 Å². The van der Waals surface area contributed by atoms with Gasteiger partial charge in [0.05, 0.1) is 6.20 Å². The monoisotopic (exact) mass is 257 g/mol. The van der Waals surface area contributed by atoms with Crippen molar-refractivity contribution >= 4 is 5.69 Å². The third-order valence-corrected chi connectivity index (χ3v) is 2.85. The molecule has 100 valence electrons. The summed E-state index contributed by atoms with van der Waals surface area (Å²) in [6.07, 6.45) is 2.97. The first-order valence-electron chi connectivity index (χ1n) is 6.22. The largest absolute Gasteiger partial charge is 0.437 e. The van der Waals surface area contributed by atoms with Crippen LogP contribution in [-0.2, 0) is 5.41 Å². The summed E-state index contributed by atoms with van der Waals surface area (Å²) in [5, 5.41) is 0. The minimum Gasteiger partial charge on any atom is -0.437 e. The summed E-state index contributed by atoms with van der Waals surface area (Å²) in [7, 11) is 0. The summed E-state index contributed by atoms with van der Waals surface area (Å²) in [6.45, 7) is 8.47. The van der Waals surface area contributed by atoms with E-state index in [0.29, 0.717) is 11.6 Å². The first kappa shape index (κ1) is 13.3. The van der Waals surface area contributed by atoms with Gasteiger partial charge in [0.15, 0.2) is 0 Å². The zero-order valence-electron chi connectivity index (χ0n) is 11.8. The topological polar surface area (TPSA) is 61.0 Å². The lowest BCUT2D eigenvalue weighted by Gasteiger charge is -2.23. The lowest BCUT2D eigenvalue weighted by molar-refractivity contribution is 0.440. The molecule has 0 bridgehead atoms. The van der Waals surface area contributed by atoms with Crippen LogP contribution in [0.2, 0.25) is 0 Å². The Bertz CT molecular complexity index is 588. The molecule has 1 aromatic heterocycles. The normalized spacial score (nSPS) is 11.4. The van der Waals surface area contributed by atoms with E-state index >= 15 is 0 Å². The number of aromatic nitrogens is 2. The van der Waals surface area contributed by atoms with Gasteiger partial charge in [-0.2, -0.15) is 4.98 Å². The van der Waals surface area contributed by atoms with Gasteiger partial charge in [0.2, 0.25) is 5.88 Å². The highest BCUT2D eigenvalue weighted by Crippen LogP contribution is 2.35. The van der Waals surface area contributed by atoms with Crippen molar-refractivity contribution in [3.8, 4) is 11.6 Å². The zero-order chi connectivity index (χ0) is 14.0. The lowest BCUT2D eigenvalue weighted by Crippen LogP contribution is -2.13. The van der Waals surface area contributed by atoms with Gasteiger partial charge in [-0.15, -0.1) is 0 Å². The molecule has 0 unspecified atom stereocenters. The van der Waals surface area contributed by atoms with Gasteiger partial charge < -0.3 is 10.5 Å². The Morgan fingerprint density at radius 2 is 1.95 bits per heavy atom. The molecular weight excluding hydrogens is 238 g/mol. The molecule has 0 aliphatic rings. The molecule has 1 heterocycles. The Balaban J connectivity index is 2.45. The van der Waals surface area contributed by atoms with Gasteiger partial charge in [0.1, 0.15) is 17.8 Å². The van der Waals surface area contributed by atoms with Gasteiger partial charge in [-0.25, -0.2) is 4.98 Å². The van der Waals surface area contributed by atoms with Crippen LogP contribution in [-0.4, -0.2) is 9.97 Å². The SMILES string of the molecule is Cc1ccc(C(C)(C)C)c(Oc2ncncc2N)c1. The maximum Gasteiger partial charge on any atom is 0.245 e. The number of ether oxygens (including phenoxy) is 1. The Labute approximate surface area is 113 Å². The van der Waals surface area contributed by atoms with Crippen molar-refractivity contribution < 1.29 is 4.74 Å². The number of aryl methyl sites for hydroxylation is 1. The summed E-state index contributed by atoms with van der Waals surface area (Å²) in [5.74, 6) is 1.18. The van der Waals surface area contributed by atoms with E-state index in [1.807, 2.05) is 13.0 Å². The molecule has 4 heteroatoms. The zero-order valence-corrected chi connectivity index (χ0v) is 11.8. The van der Waals surface area contributed by atoms with Crippen LogP contribution in [0.3, 0.4) is 0 Å². The van der Waals surface area contributed by atoms with Crippen molar-refractivity contribution in [2.45, 2.75) is 33.1 Å². The number of rotatable bonds is 2. The number of hydrogen-bond acceptors (Lipinski definition) is 4. The van der Waals surface area contributed by atoms with E-state index < -0.39 is 0 Å². The highest BCUT2D eigenvalue weighted by Gasteiger charge is 2.20. The molecule has 0 radical (unpaired) electrons. The Hall–Kier alpha value is -2.10. The van der Waals surface area contributed by atoms with Gasteiger partial charge in [0, 0.05) is 5.56 Å². The quantitative estimate of drug-likeness (QED) is 0.895. The molecule has 0 atom stereocenters. The van der Waals surface area contributed by atoms with Crippen LogP contribution in [0.15, 0.2) is 30.7 Å². The van der Waals surface area contributed by atoms with Crippen LogP contribution >= 0.6 is 0 Å². The molecule has 0 spiro atoms. The first-order chi connectivity index (χ1) is 8.88. The minimum atomic E-state index is -0.00910. The Morgan fingerprint density at radius 3 is 2.58 bits per heavy atom. The van der Waals surface area contributed by atoms with Gasteiger partial charge in [-0.05, 0) is 24.0 Å². The fourth-order valence-electron chi connectivity index (χ4n) is 1.85. The smallest absolute Gasteiger partial charge is 0.245 e. The van der Waals surface area contributed by atoms with E-state index in [2.05, 4.69) is 42.9 Å². The van der Waals surface area contributed by atoms with E-state index in [1.54, 1.807) is 0 Å². The van der Waals surface area contributed by atoms with Crippen molar-refractivity contribution in [1.29, 1.82) is 0 Å². The summed E-state index contributed by atoms with van der Waals surface area (Å²) >= 11 is 0. The molecule has 0 saturated carbocycles. The second-order valence-electron chi connectivity index (χ2n) is 5.63. The third kappa shape index (κ3) is 3.02. The molecule has 0 aliphatic carbocycles. The summed E-state index contributed by atoms with van der Waals surface area (Å²) in [5.41, 5.74) is 8.50. The molecular formula is C15H19N3O. The van der Waals surface area contributed by atoms with E-state index in [4.69, 9.17) is 10.5 Å². The molecule has 2 rings (SSSR count). The van der Waals surface area contributed by atoms with Crippen molar-refractivity contribution in [3.63, 3.8) is 0 Å². The molecule has 2 N–H and O–H groups in total. The number of nitrogen functional groups attached to an aromatic ring is 1. The average Bonchev–Trinajstić information content (AvgIpc) is 2.30. The van der Waals surface area contributed by atoms with Crippen LogP contribution in [0.4, 0.5) is 5.69 Å². The maximum atomic E-state index is 5.87. The molecule has 0 saturated heterocycles. The van der Waals surface area contributed by atoms with Gasteiger partial charge in [-0.1, -0.05) is 32.9 Å². The van der Waals surface area contributed by atoms with Gasteiger partial charge in [0.25, 0.3) is 0 Å². The van der Waals surface area contributed by atoms with Crippen molar-refractivity contribution in [1.82, 2.24) is 9.97 Å². The van der Waals surface area contributed by atoms with E-state index in [-0.39, 0.29) is 5.41 Å². The van der Waals surface area contributed by atoms with Gasteiger partial charge >= 0.3 is 0 Å². The summed E-state index contributed by atoms with van der Waals surface area (Å²) < 4.78 is 5.87. The van der Waals surface area contributed by atoms with Crippen molar-refractivity contribution in [2.75, 3.05) is 5.73 Å². The molecule has 2 aromatic rings. The predicted octanol–water partition coefficient (Wildman–Crippen LogP) is 3.46. The van der Waals surface area contributed by atoms with Crippen LogP contribution in [0.5, 0.6) is 11.6 Å². The summed E-state index contributed by atoms with van der Waals surface area (Å²) in [6, 6.07) is 6.17. The standard InChI is InChI=1S/C15H19N3O/c1-10-5-6-11(15(2,3)4)13(7-10)19-14-12(16)8-17-9-18-14/h5-9H,16H2,1-4H3. The molecule has 4 nitrogen and oxygen atoms in total. The fraction of sp³-hybridized carbons (Fsp3) is 0.333. The highest BCUT2D eigenvalue weighted by atomic mass is 16.5. The Morgan fingerprint density at radius 1 is 1.21 bits per heavy atom. The Kier molecular flexibility index (Phi) is 3.42. The summed E-state index contributed by atoms with van der Waals surface area (Å²) in [4.78, 5) is 7.93. The van der Waals surface area contributed by atoms with Crippen LogP contribution in [0.25, 0.3) is 0 Å². The number of nitrogens with two attached hydrogens (primary N) is 1. The van der Waals surface area contributed by atoms with E-state index in [0.717, 1.165) is 16.9 Å². The molecule has 0 aliphatic heterocycles. The van der Waals surface area contributed by atoms with Crippen LogP contribution < -0.4 is 10.5 Å². The van der Waals surface area contributed by atoms with Gasteiger partial charge in [-0.3, -0.25) is 0 Å².